The number of rotatable bonds is 17. The first-order valence-corrected chi connectivity index (χ1v) is 18.5. The van der Waals surface area contributed by atoms with Gasteiger partial charge in [0.15, 0.2) is 0 Å². The molecule has 0 aromatic carbocycles. The Hall–Kier alpha value is 0.459. The van der Waals surface area contributed by atoms with Crippen molar-refractivity contribution in [2.45, 2.75) is 103 Å². The fourth-order valence-electron chi connectivity index (χ4n) is 3.39. The molecule has 3 heteroatoms. The predicted octanol–water partition coefficient (Wildman–Crippen LogP) is 7.18. The number of hydrogen-bond acceptors (Lipinski definition) is 2. The van der Waals surface area contributed by atoms with Gasteiger partial charge < -0.3 is 0 Å². The van der Waals surface area contributed by atoms with Crippen LogP contribution in [0.15, 0.2) is 12.2 Å². The Bertz CT molecular complexity index is 270. The van der Waals surface area contributed by atoms with Crippen LogP contribution < -0.4 is 0 Å². The quantitative estimate of drug-likeness (QED) is 0.134. The van der Waals surface area contributed by atoms with Gasteiger partial charge in [0.2, 0.25) is 0 Å². The molecule has 0 N–H and O–H groups in total. The minimum atomic E-state index is -1.94. The van der Waals surface area contributed by atoms with Crippen molar-refractivity contribution in [2.24, 2.45) is 0 Å². The van der Waals surface area contributed by atoms with Crippen LogP contribution in [-0.2, 0) is 9.47 Å². The molecular formula is C21H44O2Sn. The summed E-state index contributed by atoms with van der Waals surface area (Å²) < 4.78 is 16.8. The molecular weight excluding hydrogens is 403 g/mol. The summed E-state index contributed by atoms with van der Waals surface area (Å²) in [5.74, 6) is 0. The van der Waals surface area contributed by atoms with Gasteiger partial charge in [0.1, 0.15) is 0 Å². The molecule has 0 amide bonds. The minimum absolute atomic E-state index is 0.295. The molecule has 0 rings (SSSR count). The third kappa shape index (κ3) is 12.8. The van der Waals surface area contributed by atoms with Crippen LogP contribution in [0, 0.1) is 0 Å². The maximum absolute atomic E-state index is 5.55. The van der Waals surface area contributed by atoms with E-state index in [1.165, 1.54) is 43.0 Å². The first-order valence-electron chi connectivity index (χ1n) is 10.4. The summed E-state index contributed by atoms with van der Waals surface area (Å²) in [4.78, 5) is 0. The maximum atomic E-state index is 5.55. The standard InChI is InChI=1S/C9H17O2.3C4H9.Sn/c1-4-5-6-7-9(2)11-8-10-3;3*1-3-4-2;/h4-5,9H,1,6-8H2,2-3H3;3*1,3-4H2,2H3;/b5-4+;;;;/t9-;;;;/m1..../s1. The van der Waals surface area contributed by atoms with Gasteiger partial charge >= 0.3 is 157 Å². The normalized spacial score (nSPS) is 13.7. The van der Waals surface area contributed by atoms with Crippen molar-refractivity contribution in [3.8, 4) is 0 Å². The van der Waals surface area contributed by atoms with E-state index >= 15 is 0 Å². The molecule has 0 aromatic heterocycles. The van der Waals surface area contributed by atoms with Crippen molar-refractivity contribution in [3.63, 3.8) is 0 Å². The molecule has 144 valence electrons. The van der Waals surface area contributed by atoms with Crippen LogP contribution in [0.1, 0.15) is 79.1 Å². The Morgan fingerprint density at radius 3 is 1.88 bits per heavy atom. The Kier molecular flexibility index (Phi) is 17.2. The molecule has 0 aliphatic carbocycles. The third-order valence-electron chi connectivity index (χ3n) is 5.11. The first-order chi connectivity index (χ1) is 11.6. The van der Waals surface area contributed by atoms with E-state index in [1.54, 1.807) is 20.4 Å². The van der Waals surface area contributed by atoms with Crippen molar-refractivity contribution in [1.29, 1.82) is 0 Å². The summed E-state index contributed by atoms with van der Waals surface area (Å²) in [7, 11) is 1.68. The van der Waals surface area contributed by atoms with Crippen LogP contribution >= 0.6 is 0 Å². The van der Waals surface area contributed by atoms with Gasteiger partial charge in [-0.05, 0) is 0 Å². The molecule has 0 aromatic rings. The zero-order valence-corrected chi connectivity index (χ0v) is 20.1. The van der Waals surface area contributed by atoms with E-state index < -0.39 is 18.4 Å². The monoisotopic (exact) mass is 448 g/mol. The van der Waals surface area contributed by atoms with Crippen molar-refractivity contribution in [3.05, 3.63) is 12.2 Å². The Morgan fingerprint density at radius 2 is 1.42 bits per heavy atom. The van der Waals surface area contributed by atoms with E-state index in [2.05, 4.69) is 39.8 Å². The van der Waals surface area contributed by atoms with E-state index in [0.29, 0.717) is 12.9 Å². The number of ether oxygens (including phenoxy) is 2. The molecule has 0 radical (unpaired) electrons. The topological polar surface area (TPSA) is 18.5 Å². The summed E-state index contributed by atoms with van der Waals surface area (Å²) >= 11 is -1.94. The van der Waals surface area contributed by atoms with Crippen molar-refractivity contribution in [1.82, 2.24) is 0 Å². The fourth-order valence-corrected chi connectivity index (χ4v) is 18.6. The summed E-state index contributed by atoms with van der Waals surface area (Å²) in [6.45, 7) is 9.62. The number of methoxy groups -OCH3 is 1. The predicted molar refractivity (Wildman–Crippen MR) is 111 cm³/mol. The molecule has 0 saturated carbocycles. The van der Waals surface area contributed by atoms with E-state index in [-0.39, 0.29) is 0 Å². The Labute approximate surface area is 156 Å². The van der Waals surface area contributed by atoms with Gasteiger partial charge in [0, 0.05) is 0 Å². The van der Waals surface area contributed by atoms with Gasteiger partial charge in [-0.2, -0.15) is 0 Å². The summed E-state index contributed by atoms with van der Waals surface area (Å²) in [6.07, 6.45) is 16.0. The van der Waals surface area contributed by atoms with E-state index in [0.717, 1.165) is 12.8 Å². The van der Waals surface area contributed by atoms with Crippen LogP contribution in [0.4, 0.5) is 0 Å². The van der Waals surface area contributed by atoms with Gasteiger partial charge in [-0.15, -0.1) is 0 Å². The summed E-state index contributed by atoms with van der Waals surface area (Å²) in [5.41, 5.74) is 0. The van der Waals surface area contributed by atoms with E-state index in [4.69, 9.17) is 9.47 Å². The van der Waals surface area contributed by atoms with Crippen LogP contribution in [0.5, 0.6) is 0 Å². The molecule has 0 heterocycles. The molecule has 0 unspecified atom stereocenters. The third-order valence-corrected chi connectivity index (χ3v) is 20.4. The van der Waals surface area contributed by atoms with E-state index in [1.807, 2.05) is 0 Å². The number of hydrogen-bond donors (Lipinski definition) is 0. The van der Waals surface area contributed by atoms with Crippen LogP contribution in [-0.4, -0.2) is 38.4 Å². The molecule has 24 heavy (non-hydrogen) atoms. The fraction of sp³-hybridized carbons (Fsp3) is 0.905. The molecule has 0 aliphatic heterocycles. The van der Waals surface area contributed by atoms with Crippen LogP contribution in [0.25, 0.3) is 0 Å². The number of unbranched alkanes of at least 4 members (excludes halogenated alkanes) is 3. The molecule has 0 saturated heterocycles. The average molecular weight is 447 g/mol. The SMILES string of the molecule is CCC[CH2][Sn]([CH2]/C=C/CC[C@@H](C)OCOC)([CH2]CCC)[CH2]CCC. The second-order valence-electron chi connectivity index (χ2n) is 7.45. The van der Waals surface area contributed by atoms with Gasteiger partial charge in [-0.3, -0.25) is 0 Å². The molecule has 0 aliphatic rings. The molecule has 2 nitrogen and oxygen atoms in total. The van der Waals surface area contributed by atoms with Gasteiger partial charge in [-0.25, -0.2) is 0 Å². The van der Waals surface area contributed by atoms with Crippen molar-refractivity contribution in [2.75, 3.05) is 13.9 Å². The molecule has 0 bridgehead atoms. The first kappa shape index (κ1) is 24.5. The van der Waals surface area contributed by atoms with E-state index in [9.17, 15) is 0 Å². The summed E-state index contributed by atoms with van der Waals surface area (Å²) in [6, 6.07) is 0. The van der Waals surface area contributed by atoms with Crippen molar-refractivity contribution >= 4 is 18.4 Å². The Balaban J connectivity index is 4.45. The van der Waals surface area contributed by atoms with Crippen LogP contribution in [0.3, 0.4) is 0 Å². The zero-order chi connectivity index (χ0) is 18.1. The molecule has 0 spiro atoms. The summed E-state index contributed by atoms with van der Waals surface area (Å²) in [5, 5.41) is 0. The number of allylic oxidation sites excluding steroid dienone is 2. The zero-order valence-electron chi connectivity index (χ0n) is 17.2. The second kappa shape index (κ2) is 16.9. The van der Waals surface area contributed by atoms with Gasteiger partial charge in [0.05, 0.1) is 0 Å². The van der Waals surface area contributed by atoms with Crippen molar-refractivity contribution < 1.29 is 9.47 Å². The molecule has 0 fully saturated rings. The molecule has 1 atom stereocenters. The van der Waals surface area contributed by atoms with Gasteiger partial charge in [0.25, 0.3) is 0 Å². The average Bonchev–Trinajstić information content (AvgIpc) is 2.60. The Morgan fingerprint density at radius 1 is 0.875 bits per heavy atom. The second-order valence-corrected chi connectivity index (χ2v) is 21.5. The van der Waals surface area contributed by atoms with Crippen LogP contribution in [0.2, 0.25) is 17.7 Å². The van der Waals surface area contributed by atoms with Gasteiger partial charge in [-0.1, -0.05) is 0 Å².